The number of nitrogens with two attached hydrogens (primary N) is 1. The molecular weight excluding hydrogens is 434 g/mol. The van der Waals surface area contributed by atoms with E-state index < -0.39 is 54.1 Å². The second-order valence-corrected chi connectivity index (χ2v) is 7.53. The van der Waals surface area contributed by atoms with Crippen molar-refractivity contribution in [3.8, 4) is 0 Å². The maximum atomic E-state index is 12.2. The third-order valence-electron chi connectivity index (χ3n) is 3.99. The molecule has 0 aromatic rings. The van der Waals surface area contributed by atoms with Gasteiger partial charge in [0, 0.05) is 12.2 Å². The minimum atomic E-state index is -1.29. The Morgan fingerprint density at radius 1 is 1.06 bits per heavy atom. The molecule has 0 rings (SSSR count). The van der Waals surface area contributed by atoms with Crippen LogP contribution in [0.25, 0.3) is 0 Å². The largest absolute Gasteiger partial charge is 0.480 e. The van der Waals surface area contributed by atoms with Gasteiger partial charge in [-0.3, -0.25) is 24.0 Å². The number of amides is 2. The molecule has 2 amide bonds. The highest BCUT2D eigenvalue weighted by molar-refractivity contribution is 8.00. The van der Waals surface area contributed by atoms with Crippen LogP contribution in [0, 0.1) is 0 Å². The van der Waals surface area contributed by atoms with Crippen LogP contribution in [0.15, 0.2) is 0 Å². The Bertz CT molecular complexity index is 668. The Kier molecular flexibility index (Phi) is 13.9. The van der Waals surface area contributed by atoms with Crippen LogP contribution in [0.4, 0.5) is 0 Å². The SMILES string of the molecule is CCC(CC)OC(=O)C(=O)CSCC(NC(=O)CCC(N)C(=O)O)C(=O)NCC(=O)O. The summed E-state index contributed by atoms with van der Waals surface area (Å²) in [5.41, 5.74) is 5.32. The fourth-order valence-electron chi connectivity index (χ4n) is 2.15. The third kappa shape index (κ3) is 12.6. The van der Waals surface area contributed by atoms with E-state index >= 15 is 0 Å². The average Bonchev–Trinajstić information content (AvgIpc) is 2.72. The van der Waals surface area contributed by atoms with Gasteiger partial charge in [0.2, 0.25) is 17.6 Å². The fourth-order valence-corrected chi connectivity index (χ4v) is 3.04. The van der Waals surface area contributed by atoms with E-state index in [0.29, 0.717) is 12.8 Å². The van der Waals surface area contributed by atoms with Crippen molar-refractivity contribution >= 4 is 47.3 Å². The molecule has 0 heterocycles. The lowest BCUT2D eigenvalue weighted by atomic mass is 10.1. The second kappa shape index (κ2) is 15.2. The molecule has 0 bridgehead atoms. The molecule has 0 radical (unpaired) electrons. The van der Waals surface area contributed by atoms with Crippen LogP contribution in [-0.2, 0) is 33.5 Å². The van der Waals surface area contributed by atoms with Gasteiger partial charge in [-0.1, -0.05) is 13.8 Å². The van der Waals surface area contributed by atoms with E-state index in [1.165, 1.54) is 0 Å². The van der Waals surface area contributed by atoms with E-state index in [-0.39, 0.29) is 30.5 Å². The van der Waals surface area contributed by atoms with Crippen LogP contribution in [0.3, 0.4) is 0 Å². The van der Waals surface area contributed by atoms with Gasteiger partial charge in [-0.2, -0.15) is 11.8 Å². The number of ketones is 1. The molecule has 0 aliphatic carbocycles. The number of carbonyl (C=O) groups excluding carboxylic acids is 4. The van der Waals surface area contributed by atoms with E-state index in [4.69, 9.17) is 20.7 Å². The van der Waals surface area contributed by atoms with Crippen molar-refractivity contribution < 1.29 is 43.7 Å². The highest BCUT2D eigenvalue weighted by Gasteiger charge is 2.24. The Morgan fingerprint density at radius 3 is 2.19 bits per heavy atom. The first-order chi connectivity index (χ1) is 14.5. The average molecular weight is 464 g/mol. The molecule has 0 saturated heterocycles. The molecule has 0 saturated carbocycles. The summed E-state index contributed by atoms with van der Waals surface area (Å²) >= 11 is 0.882. The summed E-state index contributed by atoms with van der Waals surface area (Å²) in [5, 5.41) is 21.9. The summed E-state index contributed by atoms with van der Waals surface area (Å²) in [7, 11) is 0. The molecule has 176 valence electrons. The van der Waals surface area contributed by atoms with Crippen molar-refractivity contribution in [2.45, 2.75) is 57.7 Å². The summed E-state index contributed by atoms with van der Waals surface area (Å²) in [5.74, 6) is -6.28. The molecule has 0 aliphatic rings. The number of carbonyl (C=O) groups is 6. The summed E-state index contributed by atoms with van der Waals surface area (Å²) in [4.78, 5) is 69.2. The van der Waals surface area contributed by atoms with E-state index in [0.717, 1.165) is 11.8 Å². The first-order valence-corrected chi connectivity index (χ1v) is 10.8. The fraction of sp³-hybridized carbons (Fsp3) is 0.667. The maximum absolute atomic E-state index is 12.2. The first kappa shape index (κ1) is 28.3. The molecule has 2 unspecified atom stereocenters. The van der Waals surface area contributed by atoms with Gasteiger partial charge in [0.1, 0.15) is 24.7 Å². The zero-order valence-electron chi connectivity index (χ0n) is 17.4. The molecule has 0 aliphatic heterocycles. The van der Waals surface area contributed by atoms with Crippen LogP contribution in [0.5, 0.6) is 0 Å². The number of Topliss-reactive ketones (excluding diaryl/α,β-unsaturated/α-hetero) is 1. The highest BCUT2D eigenvalue weighted by atomic mass is 32.2. The summed E-state index contributed by atoms with van der Waals surface area (Å²) in [6.45, 7) is 2.94. The molecule has 0 aromatic carbocycles. The number of hydrogen-bond donors (Lipinski definition) is 5. The zero-order chi connectivity index (χ0) is 24.0. The lowest BCUT2D eigenvalue weighted by Gasteiger charge is -2.18. The lowest BCUT2D eigenvalue weighted by Crippen LogP contribution is -2.49. The molecule has 0 fully saturated rings. The van der Waals surface area contributed by atoms with Gasteiger partial charge in [-0.05, 0) is 19.3 Å². The predicted octanol–water partition coefficient (Wildman–Crippen LogP) is -1.10. The number of rotatable bonds is 16. The van der Waals surface area contributed by atoms with Crippen molar-refractivity contribution in [3.05, 3.63) is 0 Å². The monoisotopic (exact) mass is 463 g/mol. The van der Waals surface area contributed by atoms with Crippen molar-refractivity contribution in [2.75, 3.05) is 18.1 Å². The Balaban J connectivity index is 4.80. The molecule has 12 nitrogen and oxygen atoms in total. The zero-order valence-corrected chi connectivity index (χ0v) is 18.2. The van der Waals surface area contributed by atoms with Gasteiger partial charge in [0.05, 0.1) is 5.75 Å². The molecule has 0 aromatic heterocycles. The van der Waals surface area contributed by atoms with E-state index in [1.807, 2.05) is 13.8 Å². The van der Waals surface area contributed by atoms with Crippen molar-refractivity contribution in [1.82, 2.24) is 10.6 Å². The van der Waals surface area contributed by atoms with E-state index in [2.05, 4.69) is 10.6 Å². The second-order valence-electron chi connectivity index (χ2n) is 6.50. The van der Waals surface area contributed by atoms with Crippen molar-refractivity contribution in [3.63, 3.8) is 0 Å². The summed E-state index contributed by atoms with van der Waals surface area (Å²) in [6, 6.07) is -2.46. The molecular formula is C18H29N3O9S. The number of nitrogens with one attached hydrogen (secondary N) is 2. The van der Waals surface area contributed by atoms with Gasteiger partial charge in [-0.25, -0.2) is 4.79 Å². The number of hydrogen-bond acceptors (Lipinski definition) is 9. The van der Waals surface area contributed by atoms with Gasteiger partial charge < -0.3 is 31.3 Å². The normalized spacial score (nSPS) is 12.5. The van der Waals surface area contributed by atoms with Gasteiger partial charge in [0.15, 0.2) is 0 Å². The predicted molar refractivity (Wildman–Crippen MR) is 110 cm³/mol. The van der Waals surface area contributed by atoms with Crippen LogP contribution in [0.2, 0.25) is 0 Å². The van der Waals surface area contributed by atoms with Crippen LogP contribution >= 0.6 is 11.8 Å². The van der Waals surface area contributed by atoms with Crippen molar-refractivity contribution in [1.29, 1.82) is 0 Å². The van der Waals surface area contributed by atoms with Gasteiger partial charge in [0.25, 0.3) is 0 Å². The molecule has 0 spiro atoms. The number of carboxylic acids is 2. The highest BCUT2D eigenvalue weighted by Crippen LogP contribution is 2.08. The maximum Gasteiger partial charge on any atom is 0.375 e. The number of esters is 1. The quantitative estimate of drug-likeness (QED) is 0.137. The molecule has 6 N–H and O–H groups in total. The summed E-state index contributed by atoms with van der Waals surface area (Å²) < 4.78 is 5.04. The Morgan fingerprint density at radius 2 is 1.68 bits per heavy atom. The molecule has 2 atom stereocenters. The van der Waals surface area contributed by atoms with Crippen LogP contribution in [-0.4, -0.2) is 82.0 Å². The van der Waals surface area contributed by atoms with Crippen LogP contribution < -0.4 is 16.4 Å². The molecule has 31 heavy (non-hydrogen) atoms. The number of thioether (sulfide) groups is 1. The van der Waals surface area contributed by atoms with Crippen LogP contribution in [0.1, 0.15) is 39.5 Å². The number of ether oxygens (including phenoxy) is 1. The van der Waals surface area contributed by atoms with Crippen molar-refractivity contribution in [2.24, 2.45) is 5.73 Å². The minimum absolute atomic E-state index is 0.133. The Labute approximate surface area is 183 Å². The van der Waals surface area contributed by atoms with Gasteiger partial charge >= 0.3 is 17.9 Å². The number of carboxylic acid groups (broad SMARTS) is 2. The topological polar surface area (TPSA) is 202 Å². The standard InChI is InChI=1S/C18H29N3O9S/c1-3-10(4-2)30-18(29)13(22)9-31-8-12(16(26)20-7-15(24)25)21-14(23)6-5-11(19)17(27)28/h10-12H,3-9,19H2,1-2H3,(H,20,26)(H,21,23)(H,24,25)(H,27,28). The molecule has 13 heteroatoms. The van der Waals surface area contributed by atoms with E-state index in [9.17, 15) is 28.8 Å². The van der Waals surface area contributed by atoms with E-state index in [1.54, 1.807) is 0 Å². The minimum Gasteiger partial charge on any atom is -0.480 e. The Hall–Kier alpha value is -2.67. The number of aliphatic carboxylic acids is 2. The summed E-state index contributed by atoms with van der Waals surface area (Å²) in [6.07, 6.45) is 0.310. The first-order valence-electron chi connectivity index (χ1n) is 9.60. The third-order valence-corrected chi connectivity index (χ3v) is 5.03. The smallest absolute Gasteiger partial charge is 0.375 e. The van der Waals surface area contributed by atoms with Gasteiger partial charge in [-0.15, -0.1) is 0 Å². The lowest BCUT2D eigenvalue weighted by molar-refractivity contribution is -0.157.